The molecule has 138 valence electrons. The molecule has 2 heterocycles. The molecule has 0 N–H and O–H groups in total. The second-order valence-corrected chi connectivity index (χ2v) is 7.41. The molecule has 3 rings (SSSR count). The fourth-order valence-corrected chi connectivity index (χ4v) is 4.28. The summed E-state index contributed by atoms with van der Waals surface area (Å²) in [5.74, 6) is 0.773. The van der Waals surface area contributed by atoms with Crippen LogP contribution >= 0.6 is 0 Å². The van der Waals surface area contributed by atoms with Crippen LogP contribution in [0.25, 0.3) is 0 Å². The second-order valence-electron chi connectivity index (χ2n) is 7.41. The van der Waals surface area contributed by atoms with E-state index in [2.05, 4.69) is 17.0 Å². The molecule has 0 aromatic heterocycles. The van der Waals surface area contributed by atoms with E-state index >= 15 is 0 Å². The highest BCUT2D eigenvalue weighted by molar-refractivity contribution is 5.76. The average Bonchev–Trinajstić information content (AvgIpc) is 2.67. The number of hydrogen-bond donors (Lipinski definition) is 0. The Hall–Kier alpha value is -1.39. The van der Waals surface area contributed by atoms with Crippen LogP contribution in [-0.2, 0) is 20.7 Å². The molecule has 0 radical (unpaired) electrons. The molecule has 0 unspecified atom stereocenters. The van der Waals surface area contributed by atoms with E-state index in [-0.39, 0.29) is 0 Å². The SMILES string of the molecule is CCOC[C@@H]1COCCC12CCN(C(=O)CCc1ccccc1)CC2. The van der Waals surface area contributed by atoms with E-state index in [1.807, 2.05) is 25.1 Å². The van der Waals surface area contributed by atoms with Gasteiger partial charge in [-0.2, -0.15) is 0 Å². The van der Waals surface area contributed by atoms with Gasteiger partial charge in [-0.05, 0) is 43.6 Å². The van der Waals surface area contributed by atoms with Gasteiger partial charge in [0.2, 0.25) is 5.91 Å². The number of amides is 1. The number of piperidine rings is 1. The van der Waals surface area contributed by atoms with Crippen LogP contribution in [0.3, 0.4) is 0 Å². The van der Waals surface area contributed by atoms with Gasteiger partial charge in [0.25, 0.3) is 0 Å². The highest BCUT2D eigenvalue weighted by Gasteiger charge is 2.44. The topological polar surface area (TPSA) is 38.8 Å². The molecule has 4 heteroatoms. The predicted molar refractivity (Wildman–Crippen MR) is 98.4 cm³/mol. The zero-order valence-corrected chi connectivity index (χ0v) is 15.4. The highest BCUT2D eigenvalue weighted by atomic mass is 16.5. The number of aryl methyl sites for hydroxylation is 1. The molecule has 2 aliphatic heterocycles. The van der Waals surface area contributed by atoms with Crippen LogP contribution in [0.5, 0.6) is 0 Å². The number of carbonyl (C=O) groups is 1. The van der Waals surface area contributed by atoms with Gasteiger partial charge in [0.15, 0.2) is 0 Å². The summed E-state index contributed by atoms with van der Waals surface area (Å²) in [5.41, 5.74) is 1.55. The van der Waals surface area contributed by atoms with Crippen molar-refractivity contribution in [2.24, 2.45) is 11.3 Å². The van der Waals surface area contributed by atoms with Crippen molar-refractivity contribution in [3.05, 3.63) is 35.9 Å². The highest BCUT2D eigenvalue weighted by Crippen LogP contribution is 2.44. The molecule has 2 saturated heterocycles. The molecule has 2 aliphatic rings. The Morgan fingerprint density at radius 1 is 1.24 bits per heavy atom. The Balaban J connectivity index is 1.50. The summed E-state index contributed by atoms with van der Waals surface area (Å²) in [5, 5.41) is 0. The number of rotatable bonds is 6. The van der Waals surface area contributed by atoms with E-state index < -0.39 is 0 Å². The molecule has 4 nitrogen and oxygen atoms in total. The molecule has 1 atom stereocenters. The molecule has 0 saturated carbocycles. The van der Waals surface area contributed by atoms with Crippen molar-refractivity contribution in [1.82, 2.24) is 4.90 Å². The van der Waals surface area contributed by atoms with Crippen molar-refractivity contribution in [2.75, 3.05) is 39.5 Å². The molecular weight excluding hydrogens is 314 g/mol. The van der Waals surface area contributed by atoms with E-state index in [0.717, 1.165) is 65.2 Å². The van der Waals surface area contributed by atoms with Gasteiger partial charge in [-0.25, -0.2) is 0 Å². The number of likely N-dealkylation sites (tertiary alicyclic amines) is 1. The van der Waals surface area contributed by atoms with E-state index in [9.17, 15) is 4.79 Å². The van der Waals surface area contributed by atoms with Crippen molar-refractivity contribution in [3.8, 4) is 0 Å². The molecule has 1 amide bonds. The van der Waals surface area contributed by atoms with Gasteiger partial charge in [-0.15, -0.1) is 0 Å². The zero-order chi connectivity index (χ0) is 17.5. The van der Waals surface area contributed by atoms with Crippen LogP contribution in [0, 0.1) is 11.3 Å². The Morgan fingerprint density at radius 2 is 2.00 bits per heavy atom. The normalized spacial score (nSPS) is 22.9. The largest absolute Gasteiger partial charge is 0.381 e. The minimum Gasteiger partial charge on any atom is -0.381 e. The lowest BCUT2D eigenvalue weighted by molar-refractivity contribution is -0.138. The van der Waals surface area contributed by atoms with Crippen LogP contribution in [0.15, 0.2) is 30.3 Å². The van der Waals surface area contributed by atoms with Crippen LogP contribution in [0.1, 0.15) is 38.2 Å². The van der Waals surface area contributed by atoms with Gasteiger partial charge in [-0.3, -0.25) is 4.79 Å². The third kappa shape index (κ3) is 4.62. The first-order valence-corrected chi connectivity index (χ1v) is 9.71. The maximum atomic E-state index is 12.6. The van der Waals surface area contributed by atoms with Crippen molar-refractivity contribution in [1.29, 1.82) is 0 Å². The van der Waals surface area contributed by atoms with Crippen LogP contribution in [0.2, 0.25) is 0 Å². The maximum Gasteiger partial charge on any atom is 0.222 e. The Labute approximate surface area is 151 Å². The summed E-state index contributed by atoms with van der Waals surface area (Å²) < 4.78 is 11.4. The van der Waals surface area contributed by atoms with E-state index in [0.29, 0.717) is 23.7 Å². The minimum atomic E-state index is 0.298. The lowest BCUT2D eigenvalue weighted by Gasteiger charge is -2.49. The lowest BCUT2D eigenvalue weighted by Crippen LogP contribution is -2.50. The average molecular weight is 345 g/mol. The fourth-order valence-electron chi connectivity index (χ4n) is 4.28. The Kier molecular flexibility index (Phi) is 6.49. The van der Waals surface area contributed by atoms with Crippen LogP contribution in [-0.4, -0.2) is 50.3 Å². The first-order valence-electron chi connectivity index (χ1n) is 9.71. The number of nitrogens with zero attached hydrogens (tertiary/aromatic N) is 1. The fraction of sp³-hybridized carbons (Fsp3) is 0.667. The number of benzene rings is 1. The number of carbonyl (C=O) groups excluding carboxylic acids is 1. The van der Waals surface area contributed by atoms with Crippen molar-refractivity contribution in [3.63, 3.8) is 0 Å². The van der Waals surface area contributed by atoms with Gasteiger partial charge in [-0.1, -0.05) is 30.3 Å². The molecule has 1 spiro atoms. The third-order valence-corrected chi connectivity index (χ3v) is 6.03. The molecule has 1 aromatic carbocycles. The Morgan fingerprint density at radius 3 is 2.72 bits per heavy atom. The molecule has 0 aliphatic carbocycles. The van der Waals surface area contributed by atoms with Crippen LogP contribution < -0.4 is 0 Å². The summed E-state index contributed by atoms with van der Waals surface area (Å²) in [6.07, 6.45) is 4.73. The van der Waals surface area contributed by atoms with Gasteiger partial charge in [0.1, 0.15) is 0 Å². The standard InChI is InChI=1S/C21H31NO3/c1-2-24-16-19-17-25-15-12-21(19)10-13-22(14-11-21)20(23)9-8-18-6-4-3-5-7-18/h3-7,19H,2,8-17H2,1H3/t19-/m1/s1. The van der Waals surface area contributed by atoms with E-state index in [1.54, 1.807) is 0 Å². The molecule has 1 aromatic rings. The van der Waals surface area contributed by atoms with Crippen molar-refractivity contribution >= 4 is 5.91 Å². The Bertz CT molecular complexity index is 537. The van der Waals surface area contributed by atoms with Gasteiger partial charge in [0.05, 0.1) is 13.2 Å². The summed E-state index contributed by atoms with van der Waals surface area (Å²) in [4.78, 5) is 14.6. The maximum absolute atomic E-state index is 12.6. The number of hydrogen-bond acceptors (Lipinski definition) is 3. The van der Waals surface area contributed by atoms with E-state index in [4.69, 9.17) is 9.47 Å². The van der Waals surface area contributed by atoms with E-state index in [1.165, 1.54) is 5.56 Å². The lowest BCUT2D eigenvalue weighted by atomic mass is 9.66. The van der Waals surface area contributed by atoms with Crippen LogP contribution in [0.4, 0.5) is 0 Å². The first-order chi connectivity index (χ1) is 12.2. The number of ether oxygens (including phenoxy) is 2. The second kappa shape index (κ2) is 8.81. The first kappa shape index (κ1) is 18.4. The molecule has 0 bridgehead atoms. The summed E-state index contributed by atoms with van der Waals surface area (Å²) in [7, 11) is 0. The van der Waals surface area contributed by atoms with Gasteiger partial charge < -0.3 is 14.4 Å². The molecular formula is C21H31NO3. The monoisotopic (exact) mass is 345 g/mol. The smallest absolute Gasteiger partial charge is 0.222 e. The van der Waals surface area contributed by atoms with Gasteiger partial charge in [0, 0.05) is 38.6 Å². The van der Waals surface area contributed by atoms with Crippen molar-refractivity contribution in [2.45, 2.75) is 39.0 Å². The third-order valence-electron chi connectivity index (χ3n) is 6.03. The summed E-state index contributed by atoms with van der Waals surface area (Å²) in [6, 6.07) is 10.3. The molecule has 2 fully saturated rings. The predicted octanol–water partition coefficient (Wildman–Crippen LogP) is 3.30. The summed E-state index contributed by atoms with van der Waals surface area (Å²) in [6.45, 7) is 7.03. The zero-order valence-electron chi connectivity index (χ0n) is 15.4. The summed E-state index contributed by atoms with van der Waals surface area (Å²) >= 11 is 0. The molecule has 25 heavy (non-hydrogen) atoms. The quantitative estimate of drug-likeness (QED) is 0.794. The van der Waals surface area contributed by atoms with Gasteiger partial charge >= 0.3 is 0 Å². The van der Waals surface area contributed by atoms with Crippen molar-refractivity contribution < 1.29 is 14.3 Å². The minimum absolute atomic E-state index is 0.298.